The molecule has 0 aliphatic rings. The van der Waals surface area contributed by atoms with E-state index < -0.39 is 0 Å². The predicted octanol–water partition coefficient (Wildman–Crippen LogP) is 17.3. The highest BCUT2D eigenvalue weighted by Crippen LogP contribution is 2.46. The molecule has 296 valence electrons. The van der Waals surface area contributed by atoms with E-state index in [1.54, 1.807) is 0 Å². The summed E-state index contributed by atoms with van der Waals surface area (Å²) in [6.07, 6.45) is 0. The summed E-state index contributed by atoms with van der Waals surface area (Å²) in [5, 5.41) is 5.05. The van der Waals surface area contributed by atoms with Crippen LogP contribution in [0.15, 0.2) is 243 Å². The van der Waals surface area contributed by atoms with Crippen molar-refractivity contribution in [2.45, 2.75) is 0 Å². The van der Waals surface area contributed by atoms with Crippen molar-refractivity contribution in [3.8, 4) is 50.2 Å². The van der Waals surface area contributed by atoms with Crippen molar-refractivity contribution in [3.63, 3.8) is 0 Å². The first-order valence-electron chi connectivity index (χ1n) is 21.5. The lowest BCUT2D eigenvalue weighted by Gasteiger charge is -2.28. The van der Waals surface area contributed by atoms with Gasteiger partial charge in [0.2, 0.25) is 0 Å². The molecule has 0 bridgehead atoms. The highest BCUT2D eigenvalue weighted by Gasteiger charge is 2.22. The second kappa shape index (κ2) is 15.5. The fourth-order valence-electron chi connectivity index (χ4n) is 9.46. The summed E-state index contributed by atoms with van der Waals surface area (Å²) in [5.41, 5.74) is 16.3. The van der Waals surface area contributed by atoms with Crippen molar-refractivity contribution in [2.24, 2.45) is 0 Å². The molecule has 2 nitrogen and oxygen atoms in total. The third-order valence-electron chi connectivity index (χ3n) is 12.4. The molecule has 0 fully saturated rings. The summed E-state index contributed by atoms with van der Waals surface area (Å²) in [5.74, 6) is 0. The molecule has 0 saturated carbocycles. The average molecular weight is 821 g/mol. The molecular weight excluding hydrogens is 781 g/mol. The first-order valence-corrected chi connectivity index (χ1v) is 22.3. The Morgan fingerprint density at radius 2 is 0.841 bits per heavy atom. The molecule has 0 unspecified atom stereocenters. The van der Waals surface area contributed by atoms with E-state index in [0.717, 1.165) is 39.4 Å². The second-order valence-corrected chi connectivity index (χ2v) is 17.1. The molecule has 0 saturated heterocycles. The van der Waals surface area contributed by atoms with Gasteiger partial charge in [-0.3, -0.25) is 0 Å². The smallest absolute Gasteiger partial charge is 0.0562 e. The van der Waals surface area contributed by atoms with E-state index in [4.69, 9.17) is 0 Å². The monoisotopic (exact) mass is 820 g/mol. The lowest BCUT2D eigenvalue weighted by molar-refractivity contribution is 1.18. The van der Waals surface area contributed by atoms with Crippen LogP contribution in [0.4, 0.5) is 17.1 Å². The lowest BCUT2D eigenvalue weighted by Crippen LogP contribution is -2.11. The number of para-hydroxylation sites is 3. The van der Waals surface area contributed by atoms with Crippen LogP contribution >= 0.6 is 11.3 Å². The summed E-state index contributed by atoms with van der Waals surface area (Å²) in [4.78, 5) is 2.43. The van der Waals surface area contributed by atoms with Crippen molar-refractivity contribution < 1.29 is 0 Å². The van der Waals surface area contributed by atoms with Gasteiger partial charge < -0.3 is 9.47 Å². The van der Waals surface area contributed by atoms with Crippen LogP contribution in [0.3, 0.4) is 0 Å². The van der Waals surface area contributed by atoms with Crippen LogP contribution in [0, 0.1) is 0 Å². The van der Waals surface area contributed by atoms with Crippen molar-refractivity contribution in [1.29, 1.82) is 0 Å². The Hall–Kier alpha value is -7.98. The van der Waals surface area contributed by atoms with Gasteiger partial charge in [0.1, 0.15) is 0 Å². The van der Waals surface area contributed by atoms with Gasteiger partial charge in [0.05, 0.1) is 22.4 Å². The van der Waals surface area contributed by atoms with Crippen molar-refractivity contribution in [2.75, 3.05) is 4.90 Å². The van der Waals surface area contributed by atoms with Gasteiger partial charge in [-0.05, 0) is 76.3 Å². The Labute approximate surface area is 370 Å². The minimum Gasteiger partial charge on any atom is -0.310 e. The van der Waals surface area contributed by atoms with E-state index in [2.05, 4.69) is 252 Å². The Kier molecular flexibility index (Phi) is 9.06. The molecule has 10 aromatic carbocycles. The van der Waals surface area contributed by atoms with Crippen LogP contribution in [0.25, 0.3) is 92.2 Å². The van der Waals surface area contributed by atoms with Gasteiger partial charge in [-0.25, -0.2) is 0 Å². The van der Waals surface area contributed by atoms with E-state index in [9.17, 15) is 0 Å². The molecule has 2 heterocycles. The summed E-state index contributed by atoms with van der Waals surface area (Å²) in [7, 11) is 0. The summed E-state index contributed by atoms with van der Waals surface area (Å²) >= 11 is 1.88. The van der Waals surface area contributed by atoms with E-state index in [0.29, 0.717) is 0 Å². The van der Waals surface area contributed by atoms with Crippen molar-refractivity contribution in [3.05, 3.63) is 243 Å². The van der Waals surface area contributed by atoms with Gasteiger partial charge in [-0.15, -0.1) is 11.3 Å². The zero-order chi connectivity index (χ0) is 41.7. The number of aromatic nitrogens is 1. The molecule has 63 heavy (non-hydrogen) atoms. The first kappa shape index (κ1) is 36.8. The molecular formula is C60H40N2S. The third kappa shape index (κ3) is 6.41. The van der Waals surface area contributed by atoms with Crippen molar-refractivity contribution in [1.82, 2.24) is 4.57 Å². The number of hydrogen-bond acceptors (Lipinski definition) is 2. The molecule has 12 aromatic rings. The Morgan fingerprint density at radius 3 is 1.60 bits per heavy atom. The first-order chi connectivity index (χ1) is 31.3. The number of benzene rings is 10. The standard InChI is InChI=1S/C60H40N2S/c1-3-16-41(17-4-1)43-30-32-45(33-31-43)48-20-7-11-26-55(48)61(46-36-34-44(35-37-46)42-18-5-2-6-19-42)47-38-39-51-49-21-8-12-27-56(49)62(58(51)40-47)57-28-13-9-22-50(57)53-24-15-25-54-52-23-10-14-29-59(52)63-60(53)54/h1-40H. The minimum absolute atomic E-state index is 1.08. The number of fused-ring (bicyclic) bond motifs is 6. The molecule has 0 radical (unpaired) electrons. The van der Waals surface area contributed by atoms with Crippen LogP contribution in [-0.4, -0.2) is 4.57 Å². The predicted molar refractivity (Wildman–Crippen MR) is 270 cm³/mol. The fraction of sp³-hybridized carbons (Fsp3) is 0. The van der Waals surface area contributed by atoms with E-state index in [1.807, 2.05) is 11.3 Å². The average Bonchev–Trinajstić information content (AvgIpc) is 3.91. The third-order valence-corrected chi connectivity index (χ3v) is 13.7. The summed E-state index contributed by atoms with van der Waals surface area (Å²) < 4.78 is 5.11. The lowest BCUT2D eigenvalue weighted by atomic mass is 9.98. The number of rotatable bonds is 8. The number of nitrogens with zero attached hydrogens (tertiary/aromatic N) is 2. The molecule has 0 amide bonds. The summed E-state index contributed by atoms with van der Waals surface area (Å²) in [6.45, 7) is 0. The van der Waals surface area contributed by atoms with E-state index >= 15 is 0 Å². The quantitative estimate of drug-likeness (QED) is 0.148. The van der Waals surface area contributed by atoms with E-state index in [-0.39, 0.29) is 0 Å². The zero-order valence-electron chi connectivity index (χ0n) is 34.4. The molecule has 0 N–H and O–H groups in total. The Morgan fingerprint density at radius 1 is 0.317 bits per heavy atom. The van der Waals surface area contributed by atoms with E-state index in [1.165, 1.54) is 69.8 Å². The molecule has 3 heteroatoms. The fourth-order valence-corrected chi connectivity index (χ4v) is 10.7. The molecule has 0 aliphatic heterocycles. The molecule has 12 rings (SSSR count). The van der Waals surface area contributed by atoms with Crippen LogP contribution < -0.4 is 4.90 Å². The maximum Gasteiger partial charge on any atom is 0.0562 e. The summed E-state index contributed by atoms with van der Waals surface area (Å²) in [6, 6.07) is 88.4. The van der Waals surface area contributed by atoms with Gasteiger partial charge in [0.15, 0.2) is 0 Å². The SMILES string of the molecule is c1ccc(-c2ccc(-c3ccccc3N(c3ccc(-c4ccccc4)cc3)c3ccc4c5ccccc5n(-c5ccccc5-c5cccc6c5sc5ccccc56)c4c3)cc2)cc1. The maximum atomic E-state index is 2.49. The number of thiophene rings is 1. The molecule has 2 aromatic heterocycles. The Balaban J connectivity index is 1.07. The van der Waals surface area contributed by atoms with Gasteiger partial charge >= 0.3 is 0 Å². The number of hydrogen-bond donors (Lipinski definition) is 0. The molecule has 0 aliphatic carbocycles. The van der Waals surface area contributed by atoms with Gasteiger partial charge in [0, 0.05) is 59.0 Å². The van der Waals surface area contributed by atoms with Gasteiger partial charge in [-0.2, -0.15) is 0 Å². The molecule has 0 atom stereocenters. The van der Waals surface area contributed by atoms with Crippen molar-refractivity contribution >= 4 is 70.4 Å². The Bertz CT molecular complexity index is 3600. The number of anilines is 3. The van der Waals surface area contributed by atoms with Crippen LogP contribution in [0.1, 0.15) is 0 Å². The highest BCUT2D eigenvalue weighted by atomic mass is 32.1. The minimum atomic E-state index is 1.08. The molecule has 0 spiro atoms. The van der Waals surface area contributed by atoms with Gasteiger partial charge in [-0.1, -0.05) is 194 Å². The normalized spacial score (nSPS) is 11.5. The highest BCUT2D eigenvalue weighted by molar-refractivity contribution is 7.26. The van der Waals surface area contributed by atoms with Crippen LogP contribution in [-0.2, 0) is 0 Å². The second-order valence-electron chi connectivity index (χ2n) is 16.1. The topological polar surface area (TPSA) is 8.17 Å². The largest absolute Gasteiger partial charge is 0.310 e. The zero-order valence-corrected chi connectivity index (χ0v) is 35.2. The maximum absolute atomic E-state index is 2.49. The van der Waals surface area contributed by atoms with Gasteiger partial charge in [0.25, 0.3) is 0 Å². The van der Waals surface area contributed by atoms with Crippen LogP contribution in [0.2, 0.25) is 0 Å². The van der Waals surface area contributed by atoms with Crippen LogP contribution in [0.5, 0.6) is 0 Å².